The number of halogens is 1. The van der Waals surface area contributed by atoms with Crippen molar-refractivity contribution in [2.75, 3.05) is 0 Å². The predicted octanol–water partition coefficient (Wildman–Crippen LogP) is 0.0650. The van der Waals surface area contributed by atoms with Crippen LogP contribution in [-0.2, 0) is 6.54 Å². The Bertz CT molecular complexity index is 494. The fourth-order valence-corrected chi connectivity index (χ4v) is 1.66. The van der Waals surface area contributed by atoms with E-state index in [1.165, 1.54) is 0 Å². The van der Waals surface area contributed by atoms with Crippen LogP contribution < -0.4 is 11.4 Å². The summed E-state index contributed by atoms with van der Waals surface area (Å²) in [5, 5.41) is 0. The molecule has 0 radical (unpaired) electrons. The van der Waals surface area contributed by atoms with Crippen LogP contribution in [0.25, 0.3) is 0 Å². The normalized spacial score (nSPS) is 19.7. The highest BCUT2D eigenvalue weighted by Gasteiger charge is 2.21. The number of fused-ring (bicyclic) bond motifs is 1. The molecular formula is C8H10FN3O2. The third-order valence-corrected chi connectivity index (χ3v) is 2.38. The van der Waals surface area contributed by atoms with Crippen LogP contribution in [0, 0.1) is 0 Å². The molecule has 0 amide bonds. The molecule has 0 spiro atoms. The molecule has 1 aromatic heterocycles. The molecule has 76 valence electrons. The molecular weight excluding hydrogens is 189 g/mol. The lowest BCUT2D eigenvalue weighted by Crippen LogP contribution is -2.31. The quantitative estimate of drug-likeness (QED) is 0.601. The molecule has 0 saturated carbocycles. The number of hydrogen-bond donors (Lipinski definition) is 0. The van der Waals surface area contributed by atoms with Gasteiger partial charge in [-0.3, -0.25) is 0 Å². The van der Waals surface area contributed by atoms with Crippen LogP contribution in [0.2, 0.25) is 0 Å². The average molecular weight is 199 g/mol. The Hall–Kier alpha value is -1.59. The maximum absolute atomic E-state index is 12.9. The van der Waals surface area contributed by atoms with Crippen molar-refractivity contribution < 1.29 is 4.48 Å². The van der Waals surface area contributed by atoms with Crippen LogP contribution in [-0.4, -0.2) is 14.2 Å². The van der Waals surface area contributed by atoms with E-state index < -0.39 is 11.4 Å². The summed E-state index contributed by atoms with van der Waals surface area (Å²) in [5.74, 6) is 0. The lowest BCUT2D eigenvalue weighted by Gasteiger charge is -2.18. The Kier molecular flexibility index (Phi) is 1.90. The summed E-state index contributed by atoms with van der Waals surface area (Å²) in [4.78, 5) is 22.1. The minimum atomic E-state index is -0.905. The molecule has 1 aliphatic rings. The topological polar surface area (TPSA) is 48.9 Å². The van der Waals surface area contributed by atoms with E-state index in [-0.39, 0.29) is 17.4 Å². The zero-order valence-electron chi connectivity index (χ0n) is 7.68. The van der Waals surface area contributed by atoms with E-state index in [4.69, 9.17) is 0 Å². The van der Waals surface area contributed by atoms with E-state index in [0.717, 1.165) is 9.36 Å². The van der Waals surface area contributed by atoms with Gasteiger partial charge in [-0.05, 0) is 6.42 Å². The van der Waals surface area contributed by atoms with Crippen LogP contribution in [0.1, 0.15) is 19.4 Å². The summed E-state index contributed by atoms with van der Waals surface area (Å²) in [6.07, 6.45) is 4.22. The highest BCUT2D eigenvalue weighted by Crippen LogP contribution is 2.13. The van der Waals surface area contributed by atoms with E-state index in [2.05, 4.69) is 0 Å². The Morgan fingerprint density at radius 3 is 2.86 bits per heavy atom. The molecule has 14 heavy (non-hydrogen) atoms. The lowest BCUT2D eigenvalue weighted by molar-refractivity contribution is 0.332. The first-order valence-corrected chi connectivity index (χ1v) is 4.44. The fraction of sp³-hybridized carbons (Fsp3) is 0.500. The largest absolute Gasteiger partial charge is 0.376 e. The summed E-state index contributed by atoms with van der Waals surface area (Å²) in [7, 11) is 0. The van der Waals surface area contributed by atoms with E-state index in [1.807, 2.05) is 6.92 Å². The van der Waals surface area contributed by atoms with Crippen LogP contribution in [0.4, 0.5) is 4.48 Å². The maximum Gasteiger partial charge on any atom is 0.376 e. The van der Waals surface area contributed by atoms with Gasteiger partial charge in [-0.15, -0.1) is 0 Å². The molecule has 2 rings (SSSR count). The standard InChI is InChI=1S/C8H10FN3O2/c1-2-6-4-3-5-10-7(13)11(9)8(14)12(6)10/h3-4,6H,2,5H2,1H3. The molecule has 0 fully saturated rings. The highest BCUT2D eigenvalue weighted by atomic mass is 19.2. The first-order chi connectivity index (χ1) is 6.66. The number of rotatable bonds is 1. The third kappa shape index (κ3) is 0.997. The van der Waals surface area contributed by atoms with Gasteiger partial charge in [-0.2, -0.15) is 0 Å². The fourth-order valence-electron chi connectivity index (χ4n) is 1.66. The van der Waals surface area contributed by atoms with Crippen LogP contribution in [0.5, 0.6) is 0 Å². The second-order valence-electron chi connectivity index (χ2n) is 3.18. The molecule has 0 bridgehead atoms. The molecule has 6 heteroatoms. The number of allylic oxidation sites excluding steroid dienone is 2. The summed E-state index contributed by atoms with van der Waals surface area (Å²) in [5.41, 5.74) is -1.80. The number of hydrogen-bond acceptors (Lipinski definition) is 2. The Labute approximate surface area is 78.6 Å². The molecule has 0 N–H and O–H groups in total. The molecule has 1 aromatic rings. The molecule has 1 atom stereocenters. The van der Waals surface area contributed by atoms with Gasteiger partial charge in [0.1, 0.15) is 0 Å². The van der Waals surface area contributed by atoms with Crippen LogP contribution in [0.15, 0.2) is 21.7 Å². The van der Waals surface area contributed by atoms with Crippen molar-refractivity contribution in [3.05, 3.63) is 33.1 Å². The van der Waals surface area contributed by atoms with E-state index in [1.54, 1.807) is 12.2 Å². The lowest BCUT2D eigenvalue weighted by atomic mass is 10.2. The third-order valence-electron chi connectivity index (χ3n) is 2.38. The second-order valence-corrected chi connectivity index (χ2v) is 3.18. The van der Waals surface area contributed by atoms with Crippen molar-refractivity contribution in [2.45, 2.75) is 25.9 Å². The average Bonchev–Trinajstić information content (AvgIpc) is 2.44. The van der Waals surface area contributed by atoms with Gasteiger partial charge in [0, 0.05) is 0 Å². The van der Waals surface area contributed by atoms with Crippen molar-refractivity contribution in [1.29, 1.82) is 0 Å². The smallest absolute Gasteiger partial charge is 0.243 e. The van der Waals surface area contributed by atoms with Gasteiger partial charge in [0.2, 0.25) is 0 Å². The first-order valence-electron chi connectivity index (χ1n) is 4.44. The van der Waals surface area contributed by atoms with Crippen LogP contribution in [0.3, 0.4) is 0 Å². The van der Waals surface area contributed by atoms with E-state index in [9.17, 15) is 14.1 Å². The monoisotopic (exact) mass is 199 g/mol. The van der Waals surface area contributed by atoms with Crippen molar-refractivity contribution in [1.82, 2.24) is 14.2 Å². The summed E-state index contributed by atoms with van der Waals surface area (Å²) < 4.78 is 15.2. The minimum Gasteiger partial charge on any atom is -0.243 e. The molecule has 1 unspecified atom stereocenters. The molecule has 0 saturated heterocycles. The van der Waals surface area contributed by atoms with Gasteiger partial charge >= 0.3 is 11.4 Å². The van der Waals surface area contributed by atoms with Gasteiger partial charge < -0.3 is 0 Å². The van der Waals surface area contributed by atoms with Crippen molar-refractivity contribution in [3.8, 4) is 0 Å². The first kappa shape index (κ1) is 8.98. The van der Waals surface area contributed by atoms with Gasteiger partial charge in [-0.1, -0.05) is 28.3 Å². The van der Waals surface area contributed by atoms with E-state index >= 15 is 0 Å². The van der Waals surface area contributed by atoms with Gasteiger partial charge in [0.05, 0.1) is 12.6 Å². The summed E-state index contributed by atoms with van der Waals surface area (Å²) in [6.45, 7) is 2.12. The number of aromatic nitrogens is 3. The van der Waals surface area contributed by atoms with Gasteiger partial charge in [-0.25, -0.2) is 19.0 Å². The summed E-state index contributed by atoms with van der Waals surface area (Å²) in [6, 6.07) is -0.221. The minimum absolute atomic E-state index is 0.221. The summed E-state index contributed by atoms with van der Waals surface area (Å²) >= 11 is 0. The Morgan fingerprint density at radius 2 is 2.21 bits per heavy atom. The Balaban J connectivity index is 2.74. The van der Waals surface area contributed by atoms with Crippen LogP contribution >= 0.6 is 0 Å². The highest BCUT2D eigenvalue weighted by molar-refractivity contribution is 4.97. The zero-order chi connectivity index (χ0) is 10.3. The SMILES string of the molecule is CCC1C=CCn2c(=O)n(F)c(=O)n21. The molecule has 2 heterocycles. The van der Waals surface area contributed by atoms with E-state index in [0.29, 0.717) is 6.42 Å². The zero-order valence-corrected chi connectivity index (χ0v) is 7.68. The molecule has 0 aliphatic carbocycles. The molecule has 0 aromatic carbocycles. The van der Waals surface area contributed by atoms with Crippen molar-refractivity contribution in [3.63, 3.8) is 0 Å². The maximum atomic E-state index is 12.9. The van der Waals surface area contributed by atoms with Crippen molar-refractivity contribution >= 4 is 0 Å². The number of nitrogens with zero attached hydrogens (tertiary/aromatic N) is 3. The van der Waals surface area contributed by atoms with Gasteiger partial charge in [0.15, 0.2) is 0 Å². The Morgan fingerprint density at radius 1 is 1.50 bits per heavy atom. The molecule has 1 aliphatic heterocycles. The van der Waals surface area contributed by atoms with Gasteiger partial charge in [0.25, 0.3) is 0 Å². The predicted molar refractivity (Wildman–Crippen MR) is 47.9 cm³/mol. The second kappa shape index (κ2) is 2.97. The van der Waals surface area contributed by atoms with Crippen molar-refractivity contribution in [2.24, 2.45) is 0 Å². The molecule has 5 nitrogen and oxygen atoms in total.